The van der Waals surface area contributed by atoms with Gasteiger partial charge in [-0.15, -0.1) is 0 Å². The molecule has 0 radical (unpaired) electrons. The van der Waals surface area contributed by atoms with Crippen LogP contribution in [0.2, 0.25) is 0 Å². The molecular formula is C20H38N2O2S. The van der Waals surface area contributed by atoms with Crippen LogP contribution < -0.4 is 5.32 Å². The van der Waals surface area contributed by atoms with Gasteiger partial charge in [0, 0.05) is 18.6 Å². The van der Waals surface area contributed by atoms with Crippen molar-refractivity contribution in [3.05, 3.63) is 0 Å². The van der Waals surface area contributed by atoms with E-state index in [2.05, 4.69) is 46.9 Å². The lowest BCUT2D eigenvalue weighted by Crippen LogP contribution is -2.43. The molecule has 2 saturated heterocycles. The zero-order chi connectivity index (χ0) is 18.8. The molecule has 2 aliphatic heterocycles. The SMILES string of the molecule is C[C@@H]1C(C(C)(C)CC2NCC(C(C)(C)C)C23CC3)CCN1S(C)(=O)=O. The Morgan fingerprint density at radius 3 is 2.20 bits per heavy atom. The molecule has 2 heterocycles. The molecule has 146 valence electrons. The normalized spacial score (nSPS) is 36.3. The van der Waals surface area contributed by atoms with Crippen LogP contribution in [0, 0.1) is 28.1 Å². The van der Waals surface area contributed by atoms with E-state index < -0.39 is 10.0 Å². The fourth-order valence-corrected chi connectivity index (χ4v) is 7.48. The van der Waals surface area contributed by atoms with Gasteiger partial charge < -0.3 is 5.32 Å². The Morgan fingerprint density at radius 1 is 1.16 bits per heavy atom. The Hall–Kier alpha value is -0.130. The maximum Gasteiger partial charge on any atom is 0.211 e. The monoisotopic (exact) mass is 370 g/mol. The maximum atomic E-state index is 12.0. The third-order valence-electron chi connectivity index (χ3n) is 7.69. The van der Waals surface area contributed by atoms with Gasteiger partial charge in [-0.1, -0.05) is 34.6 Å². The van der Waals surface area contributed by atoms with E-state index in [1.807, 2.05) is 0 Å². The second-order valence-electron chi connectivity index (χ2n) is 10.8. The van der Waals surface area contributed by atoms with Crippen molar-refractivity contribution in [3.8, 4) is 0 Å². The lowest BCUT2D eigenvalue weighted by atomic mass is 9.66. The highest BCUT2D eigenvalue weighted by molar-refractivity contribution is 7.88. The van der Waals surface area contributed by atoms with Crippen LogP contribution in [0.15, 0.2) is 0 Å². The quantitative estimate of drug-likeness (QED) is 0.824. The van der Waals surface area contributed by atoms with Crippen molar-refractivity contribution in [2.45, 2.75) is 79.3 Å². The number of hydrogen-bond acceptors (Lipinski definition) is 3. The molecule has 4 nitrogen and oxygen atoms in total. The summed E-state index contributed by atoms with van der Waals surface area (Å²) in [7, 11) is -3.09. The van der Waals surface area contributed by atoms with E-state index in [0.717, 1.165) is 25.3 Å². The molecule has 4 atom stereocenters. The Bertz CT molecular complexity index is 616. The van der Waals surface area contributed by atoms with Gasteiger partial charge in [-0.2, -0.15) is 4.31 Å². The standard InChI is InChI=1S/C20H38N2O2S/c1-14-15(8-11-22(14)25(7,23)24)19(5,6)12-17-20(9-10-20)16(13-21-17)18(2,3)4/h14-17,21H,8-13H2,1-7H3/t14-,15?,16?,17?/m1/s1. The summed E-state index contributed by atoms with van der Waals surface area (Å²) in [6, 6.07) is 0.700. The van der Waals surface area contributed by atoms with Gasteiger partial charge >= 0.3 is 0 Å². The fraction of sp³-hybridized carbons (Fsp3) is 1.00. The van der Waals surface area contributed by atoms with Crippen molar-refractivity contribution in [1.29, 1.82) is 0 Å². The van der Waals surface area contributed by atoms with E-state index in [1.165, 1.54) is 19.1 Å². The van der Waals surface area contributed by atoms with E-state index in [4.69, 9.17) is 0 Å². The van der Waals surface area contributed by atoms with E-state index in [-0.39, 0.29) is 11.5 Å². The number of nitrogens with zero attached hydrogens (tertiary/aromatic N) is 1. The summed E-state index contributed by atoms with van der Waals surface area (Å²) in [5, 5.41) is 3.87. The van der Waals surface area contributed by atoms with Gasteiger partial charge in [-0.3, -0.25) is 0 Å². The lowest BCUT2D eigenvalue weighted by Gasteiger charge is -2.40. The van der Waals surface area contributed by atoms with Gasteiger partial charge in [0.1, 0.15) is 0 Å². The molecule has 0 bridgehead atoms. The number of sulfonamides is 1. The number of nitrogens with one attached hydrogen (secondary N) is 1. The van der Waals surface area contributed by atoms with Gasteiger partial charge in [0.15, 0.2) is 0 Å². The van der Waals surface area contributed by atoms with E-state index in [0.29, 0.717) is 29.3 Å². The van der Waals surface area contributed by atoms with Crippen molar-refractivity contribution in [2.75, 3.05) is 19.3 Å². The Morgan fingerprint density at radius 2 is 1.76 bits per heavy atom. The average molecular weight is 371 g/mol. The Labute approximate surface area is 155 Å². The van der Waals surface area contributed by atoms with Crippen molar-refractivity contribution >= 4 is 10.0 Å². The topological polar surface area (TPSA) is 49.4 Å². The molecule has 0 aromatic carbocycles. The second kappa shape index (κ2) is 5.93. The minimum absolute atomic E-state index is 0.111. The van der Waals surface area contributed by atoms with E-state index >= 15 is 0 Å². The van der Waals surface area contributed by atoms with Gasteiger partial charge in [-0.05, 0) is 67.2 Å². The molecule has 0 amide bonds. The van der Waals surface area contributed by atoms with Crippen LogP contribution in [0.3, 0.4) is 0 Å². The molecular weight excluding hydrogens is 332 g/mol. The minimum atomic E-state index is -3.09. The zero-order valence-corrected chi connectivity index (χ0v) is 18.0. The first kappa shape index (κ1) is 19.6. The van der Waals surface area contributed by atoms with E-state index in [1.54, 1.807) is 4.31 Å². The molecule has 3 aliphatic rings. The molecule has 0 aromatic heterocycles. The first-order valence-corrected chi connectivity index (χ1v) is 11.8. The summed E-state index contributed by atoms with van der Waals surface area (Å²) in [5.41, 5.74) is 1.00. The van der Waals surface area contributed by atoms with Crippen LogP contribution in [-0.2, 0) is 10.0 Å². The summed E-state index contributed by atoms with van der Waals surface area (Å²) in [6.45, 7) is 15.8. The first-order chi connectivity index (χ1) is 11.3. The summed E-state index contributed by atoms with van der Waals surface area (Å²) in [6.07, 6.45) is 6.22. The average Bonchev–Trinajstić information content (AvgIpc) is 2.96. The van der Waals surface area contributed by atoms with E-state index in [9.17, 15) is 8.42 Å². The number of rotatable bonds is 4. The molecule has 1 N–H and O–H groups in total. The minimum Gasteiger partial charge on any atom is -0.313 e. The fourth-order valence-electron chi connectivity index (χ4n) is 6.30. The van der Waals surface area contributed by atoms with Crippen molar-refractivity contribution in [1.82, 2.24) is 9.62 Å². The third-order valence-corrected chi connectivity index (χ3v) is 9.05. The largest absolute Gasteiger partial charge is 0.313 e. The van der Waals surface area contributed by atoms with Crippen LogP contribution in [0.1, 0.15) is 67.2 Å². The summed E-state index contributed by atoms with van der Waals surface area (Å²) in [5.74, 6) is 1.20. The highest BCUT2D eigenvalue weighted by atomic mass is 32.2. The molecule has 3 unspecified atom stereocenters. The molecule has 1 saturated carbocycles. The van der Waals surface area contributed by atoms with Crippen LogP contribution in [0.25, 0.3) is 0 Å². The van der Waals surface area contributed by atoms with Crippen LogP contribution in [-0.4, -0.2) is 44.2 Å². The Balaban J connectivity index is 1.73. The molecule has 0 aromatic rings. The zero-order valence-electron chi connectivity index (χ0n) is 17.2. The van der Waals surface area contributed by atoms with Gasteiger partial charge in [0.2, 0.25) is 10.0 Å². The van der Waals surface area contributed by atoms with Crippen molar-refractivity contribution in [3.63, 3.8) is 0 Å². The third kappa shape index (κ3) is 3.41. The highest BCUT2D eigenvalue weighted by Crippen LogP contribution is 2.64. The van der Waals surface area contributed by atoms with Crippen molar-refractivity contribution < 1.29 is 8.42 Å². The predicted octanol–water partition coefficient (Wildman–Crippen LogP) is 3.49. The van der Waals surface area contributed by atoms with Crippen LogP contribution in [0.5, 0.6) is 0 Å². The van der Waals surface area contributed by atoms with Gasteiger partial charge in [0.25, 0.3) is 0 Å². The predicted molar refractivity (Wildman–Crippen MR) is 104 cm³/mol. The first-order valence-electron chi connectivity index (χ1n) is 9.99. The molecule has 3 rings (SSSR count). The second-order valence-corrected chi connectivity index (χ2v) is 12.7. The Kier molecular flexibility index (Phi) is 4.66. The summed E-state index contributed by atoms with van der Waals surface area (Å²) in [4.78, 5) is 0. The summed E-state index contributed by atoms with van der Waals surface area (Å²) >= 11 is 0. The molecule has 5 heteroatoms. The van der Waals surface area contributed by atoms with Crippen LogP contribution >= 0.6 is 0 Å². The van der Waals surface area contributed by atoms with Crippen LogP contribution in [0.4, 0.5) is 0 Å². The molecule has 1 spiro atoms. The number of hydrogen-bond donors (Lipinski definition) is 1. The lowest BCUT2D eigenvalue weighted by molar-refractivity contribution is 0.115. The molecule has 3 fully saturated rings. The van der Waals surface area contributed by atoms with Gasteiger partial charge in [-0.25, -0.2) is 8.42 Å². The van der Waals surface area contributed by atoms with Gasteiger partial charge in [0.05, 0.1) is 6.26 Å². The smallest absolute Gasteiger partial charge is 0.211 e. The highest BCUT2D eigenvalue weighted by Gasteiger charge is 2.62. The summed E-state index contributed by atoms with van der Waals surface area (Å²) < 4.78 is 25.8. The molecule has 1 aliphatic carbocycles. The maximum absolute atomic E-state index is 12.0. The molecule has 25 heavy (non-hydrogen) atoms. The van der Waals surface area contributed by atoms with Crippen molar-refractivity contribution in [2.24, 2.45) is 28.1 Å².